The van der Waals surface area contributed by atoms with Gasteiger partial charge in [-0.2, -0.15) is 0 Å². The Morgan fingerprint density at radius 1 is 1.32 bits per heavy atom. The van der Waals surface area contributed by atoms with E-state index in [1.165, 1.54) is 0 Å². The summed E-state index contributed by atoms with van der Waals surface area (Å²) < 4.78 is 0. The zero-order chi connectivity index (χ0) is 15.7. The molecule has 4 nitrogen and oxygen atoms in total. The molecule has 2 aromatic carbocycles. The van der Waals surface area contributed by atoms with Crippen molar-refractivity contribution in [3.05, 3.63) is 42.0 Å². The Morgan fingerprint density at radius 3 is 2.68 bits per heavy atom. The van der Waals surface area contributed by atoms with E-state index >= 15 is 0 Å². The van der Waals surface area contributed by atoms with Crippen LogP contribution in [0, 0.1) is 0 Å². The van der Waals surface area contributed by atoms with Crippen molar-refractivity contribution in [3.63, 3.8) is 0 Å². The highest BCUT2D eigenvalue weighted by Gasteiger charge is 2.31. The van der Waals surface area contributed by atoms with Crippen LogP contribution in [0.25, 0.3) is 10.8 Å². The van der Waals surface area contributed by atoms with E-state index in [1.54, 1.807) is 24.0 Å². The van der Waals surface area contributed by atoms with Crippen LogP contribution < -0.4 is 0 Å². The molecule has 116 valence electrons. The number of nitrogens with zero attached hydrogens (tertiary/aromatic N) is 1. The normalized spacial score (nSPS) is 19.5. The minimum Gasteiger partial charge on any atom is -0.507 e. The Bertz CT molecular complexity index is 696. The number of aromatic hydroxyl groups is 1. The predicted octanol–water partition coefficient (Wildman–Crippen LogP) is 2.92. The summed E-state index contributed by atoms with van der Waals surface area (Å²) in [6.07, 6.45) is 2.01. The number of phenols is 1. The fourth-order valence-corrected chi connectivity index (χ4v) is 3.30. The van der Waals surface area contributed by atoms with Crippen molar-refractivity contribution in [1.82, 2.24) is 4.90 Å². The standard InChI is InChI=1S/C18H21NO3/c1-12(20)9-15-7-4-8-19(15)18(22)16-10-13-5-2-3-6-14(13)11-17(16)21/h2-3,5-6,10-12,15,20-21H,4,7-9H2,1H3/t12-,15+/m0/s1. The van der Waals surface area contributed by atoms with E-state index in [0.717, 1.165) is 23.6 Å². The highest BCUT2D eigenvalue weighted by molar-refractivity contribution is 6.01. The van der Waals surface area contributed by atoms with Gasteiger partial charge in [0.2, 0.25) is 0 Å². The quantitative estimate of drug-likeness (QED) is 0.916. The van der Waals surface area contributed by atoms with Gasteiger partial charge in [-0.25, -0.2) is 0 Å². The summed E-state index contributed by atoms with van der Waals surface area (Å²) in [5.41, 5.74) is 0.344. The lowest BCUT2D eigenvalue weighted by Gasteiger charge is -2.26. The lowest BCUT2D eigenvalue weighted by atomic mass is 10.0. The number of fused-ring (bicyclic) bond motifs is 1. The predicted molar refractivity (Wildman–Crippen MR) is 86.0 cm³/mol. The second-order valence-corrected chi connectivity index (χ2v) is 6.10. The number of aliphatic hydroxyl groups excluding tert-OH is 1. The van der Waals surface area contributed by atoms with Crippen LogP contribution in [-0.2, 0) is 0 Å². The topological polar surface area (TPSA) is 60.8 Å². The van der Waals surface area contributed by atoms with Gasteiger partial charge in [-0.05, 0) is 49.1 Å². The summed E-state index contributed by atoms with van der Waals surface area (Å²) in [4.78, 5) is 14.6. The Hall–Kier alpha value is -2.07. The molecule has 0 saturated carbocycles. The van der Waals surface area contributed by atoms with Crippen LogP contribution in [0.2, 0.25) is 0 Å². The summed E-state index contributed by atoms with van der Waals surface area (Å²) in [6, 6.07) is 11.1. The largest absolute Gasteiger partial charge is 0.507 e. The number of aliphatic hydroxyl groups is 1. The number of amides is 1. The molecular formula is C18H21NO3. The molecule has 22 heavy (non-hydrogen) atoms. The van der Waals surface area contributed by atoms with E-state index in [2.05, 4.69) is 0 Å². The minimum absolute atomic E-state index is 0.0198. The zero-order valence-corrected chi connectivity index (χ0v) is 12.7. The molecule has 4 heteroatoms. The van der Waals surface area contributed by atoms with E-state index in [9.17, 15) is 15.0 Å². The Balaban J connectivity index is 1.92. The molecule has 0 radical (unpaired) electrons. The van der Waals surface area contributed by atoms with Gasteiger partial charge in [-0.1, -0.05) is 24.3 Å². The summed E-state index contributed by atoms with van der Waals surface area (Å²) in [5, 5.41) is 21.7. The van der Waals surface area contributed by atoms with Crippen LogP contribution in [0.3, 0.4) is 0 Å². The monoisotopic (exact) mass is 299 g/mol. The van der Waals surface area contributed by atoms with E-state index in [0.29, 0.717) is 18.5 Å². The molecular weight excluding hydrogens is 278 g/mol. The van der Waals surface area contributed by atoms with Crippen LogP contribution in [0.5, 0.6) is 5.75 Å². The van der Waals surface area contributed by atoms with Gasteiger partial charge in [-0.15, -0.1) is 0 Å². The van der Waals surface area contributed by atoms with Gasteiger partial charge in [0.05, 0.1) is 11.7 Å². The SMILES string of the molecule is C[C@H](O)C[C@H]1CCCN1C(=O)c1cc2ccccc2cc1O. The molecule has 0 aromatic heterocycles. The molecule has 1 saturated heterocycles. The number of rotatable bonds is 3. The van der Waals surface area contributed by atoms with Crippen molar-refractivity contribution in [1.29, 1.82) is 0 Å². The Kier molecular flexibility index (Phi) is 4.03. The lowest BCUT2D eigenvalue weighted by molar-refractivity contribution is 0.0679. The average Bonchev–Trinajstić information content (AvgIpc) is 2.93. The lowest BCUT2D eigenvalue weighted by Crippen LogP contribution is -2.37. The molecule has 1 aliphatic heterocycles. The Morgan fingerprint density at radius 2 is 2.00 bits per heavy atom. The third-order valence-electron chi connectivity index (χ3n) is 4.35. The van der Waals surface area contributed by atoms with Crippen molar-refractivity contribution < 1.29 is 15.0 Å². The van der Waals surface area contributed by atoms with Crippen molar-refractivity contribution in [2.75, 3.05) is 6.54 Å². The third kappa shape index (κ3) is 2.79. The maximum Gasteiger partial charge on any atom is 0.257 e. The van der Waals surface area contributed by atoms with E-state index in [1.807, 2.05) is 24.3 Å². The van der Waals surface area contributed by atoms with Gasteiger partial charge in [0.15, 0.2) is 0 Å². The van der Waals surface area contributed by atoms with Gasteiger partial charge < -0.3 is 15.1 Å². The van der Waals surface area contributed by atoms with Crippen LogP contribution in [-0.4, -0.2) is 39.7 Å². The molecule has 0 aliphatic carbocycles. The summed E-state index contributed by atoms with van der Waals surface area (Å²) >= 11 is 0. The molecule has 0 bridgehead atoms. The number of hydrogen-bond donors (Lipinski definition) is 2. The van der Waals surface area contributed by atoms with Crippen molar-refractivity contribution in [2.24, 2.45) is 0 Å². The maximum absolute atomic E-state index is 12.8. The van der Waals surface area contributed by atoms with Crippen LogP contribution in [0.4, 0.5) is 0 Å². The molecule has 0 spiro atoms. The van der Waals surface area contributed by atoms with E-state index < -0.39 is 6.10 Å². The molecule has 2 atom stereocenters. The first kappa shape index (κ1) is 14.9. The summed E-state index contributed by atoms with van der Waals surface area (Å²) in [7, 11) is 0. The van der Waals surface area contributed by atoms with Crippen LogP contribution >= 0.6 is 0 Å². The molecule has 2 N–H and O–H groups in total. The minimum atomic E-state index is -0.427. The molecule has 1 fully saturated rings. The summed E-state index contributed by atoms with van der Waals surface area (Å²) in [5.74, 6) is -0.127. The number of carbonyl (C=O) groups excluding carboxylic acids is 1. The van der Waals surface area contributed by atoms with Gasteiger partial charge in [0.1, 0.15) is 5.75 Å². The van der Waals surface area contributed by atoms with Gasteiger partial charge in [0.25, 0.3) is 5.91 Å². The van der Waals surface area contributed by atoms with Gasteiger partial charge in [-0.3, -0.25) is 4.79 Å². The Labute approximate surface area is 130 Å². The molecule has 2 aromatic rings. The number of phenolic OH excluding ortho intramolecular Hbond substituents is 1. The van der Waals surface area contributed by atoms with E-state index in [-0.39, 0.29) is 17.7 Å². The molecule has 1 aliphatic rings. The van der Waals surface area contributed by atoms with E-state index in [4.69, 9.17) is 0 Å². The zero-order valence-electron chi connectivity index (χ0n) is 12.7. The first-order chi connectivity index (χ1) is 10.6. The molecule has 1 amide bonds. The maximum atomic E-state index is 12.8. The van der Waals surface area contributed by atoms with Crippen molar-refractivity contribution >= 4 is 16.7 Å². The molecule has 3 rings (SSSR count). The van der Waals surface area contributed by atoms with Crippen molar-refractivity contribution in [3.8, 4) is 5.75 Å². The molecule has 0 unspecified atom stereocenters. The fourth-order valence-electron chi connectivity index (χ4n) is 3.30. The highest BCUT2D eigenvalue weighted by atomic mass is 16.3. The number of benzene rings is 2. The first-order valence-corrected chi connectivity index (χ1v) is 7.77. The second-order valence-electron chi connectivity index (χ2n) is 6.10. The fraction of sp³-hybridized carbons (Fsp3) is 0.389. The molecule has 1 heterocycles. The van der Waals surface area contributed by atoms with Crippen LogP contribution in [0.1, 0.15) is 36.5 Å². The van der Waals surface area contributed by atoms with Crippen LogP contribution in [0.15, 0.2) is 36.4 Å². The number of carbonyl (C=O) groups is 1. The highest BCUT2D eigenvalue weighted by Crippen LogP contribution is 2.29. The average molecular weight is 299 g/mol. The first-order valence-electron chi connectivity index (χ1n) is 7.77. The van der Waals surface area contributed by atoms with Gasteiger partial charge >= 0.3 is 0 Å². The second kappa shape index (κ2) is 5.97. The van der Waals surface area contributed by atoms with Crippen molar-refractivity contribution in [2.45, 2.75) is 38.3 Å². The number of likely N-dealkylation sites (tertiary alicyclic amines) is 1. The summed E-state index contributed by atoms with van der Waals surface area (Å²) in [6.45, 7) is 2.43. The smallest absolute Gasteiger partial charge is 0.257 e. The number of hydrogen-bond acceptors (Lipinski definition) is 3. The van der Waals surface area contributed by atoms with Gasteiger partial charge in [0, 0.05) is 12.6 Å². The third-order valence-corrected chi connectivity index (χ3v) is 4.35.